The molecule has 0 radical (unpaired) electrons. The van der Waals surface area contributed by atoms with Crippen molar-refractivity contribution >= 4 is 60.1 Å². The van der Waals surface area contributed by atoms with Crippen LogP contribution in [0.1, 0.15) is 18.1 Å². The number of anilines is 1. The first-order chi connectivity index (χ1) is 13.5. The van der Waals surface area contributed by atoms with Crippen LogP contribution >= 0.6 is 54.5 Å². The molecule has 3 aromatic carbocycles. The molecule has 0 aliphatic heterocycles. The average molecular weight is 617 g/mol. The minimum absolute atomic E-state index is 0.500. The molecule has 3 aromatic rings. The molecule has 0 atom stereocenters. The zero-order chi connectivity index (χ0) is 19.9. The second-order valence-electron chi connectivity index (χ2n) is 6.11. The minimum Gasteiger partial charge on any atom is -0.490 e. The molecule has 0 aliphatic carbocycles. The Bertz CT molecular complexity index is 915. The van der Waals surface area contributed by atoms with Gasteiger partial charge in [0.1, 0.15) is 6.61 Å². The fraction of sp³-hybridized carbons (Fsp3) is 0.182. The molecule has 1 N–H and O–H groups in total. The number of nitrogens with one attached hydrogen (secondary N) is 1. The van der Waals surface area contributed by atoms with E-state index in [9.17, 15) is 0 Å². The van der Waals surface area contributed by atoms with E-state index >= 15 is 0 Å². The highest BCUT2D eigenvalue weighted by Gasteiger charge is 2.13. The second-order valence-corrected chi connectivity index (χ2v) is 9.11. The van der Waals surface area contributed by atoms with E-state index in [0.717, 1.165) is 40.8 Å². The monoisotopic (exact) mass is 615 g/mol. The van der Waals surface area contributed by atoms with Crippen LogP contribution in [0.2, 0.25) is 0 Å². The Balaban J connectivity index is 1.73. The lowest BCUT2D eigenvalue weighted by atomic mass is 10.2. The van der Waals surface area contributed by atoms with Gasteiger partial charge in [0, 0.05) is 21.2 Å². The smallest absolute Gasteiger partial charge is 0.174 e. The summed E-state index contributed by atoms with van der Waals surface area (Å²) in [5.41, 5.74) is 3.33. The van der Waals surface area contributed by atoms with E-state index in [0.29, 0.717) is 19.8 Å². The van der Waals surface area contributed by atoms with Crippen LogP contribution in [-0.2, 0) is 13.2 Å². The van der Waals surface area contributed by atoms with Gasteiger partial charge in [-0.1, -0.05) is 44.0 Å². The zero-order valence-electron chi connectivity index (χ0n) is 15.3. The average Bonchev–Trinajstić information content (AvgIpc) is 2.68. The number of benzene rings is 3. The van der Waals surface area contributed by atoms with Gasteiger partial charge in [-0.3, -0.25) is 0 Å². The van der Waals surface area contributed by atoms with Crippen LogP contribution in [0.5, 0.6) is 11.5 Å². The van der Waals surface area contributed by atoms with Crippen LogP contribution in [0.4, 0.5) is 5.69 Å². The predicted octanol–water partition coefficient (Wildman–Crippen LogP) is 7.41. The molecule has 0 bridgehead atoms. The van der Waals surface area contributed by atoms with Crippen molar-refractivity contribution < 1.29 is 9.47 Å². The quantitative estimate of drug-likeness (QED) is 0.268. The molecule has 0 heterocycles. The van der Waals surface area contributed by atoms with Crippen molar-refractivity contribution in [3.8, 4) is 11.5 Å². The summed E-state index contributed by atoms with van der Waals surface area (Å²) in [6.07, 6.45) is 0. The summed E-state index contributed by atoms with van der Waals surface area (Å²) in [6, 6.07) is 20.5. The van der Waals surface area contributed by atoms with Crippen molar-refractivity contribution in [2.45, 2.75) is 20.1 Å². The van der Waals surface area contributed by atoms with E-state index in [1.54, 1.807) is 0 Å². The lowest BCUT2D eigenvalue weighted by Gasteiger charge is -2.16. The van der Waals surface area contributed by atoms with Gasteiger partial charge in [-0.05, 0) is 89.2 Å². The highest BCUT2D eigenvalue weighted by atomic mass is 127. The summed E-state index contributed by atoms with van der Waals surface area (Å²) >= 11 is 9.23. The highest BCUT2D eigenvalue weighted by molar-refractivity contribution is 14.1. The van der Waals surface area contributed by atoms with Crippen molar-refractivity contribution in [2.75, 3.05) is 11.9 Å². The van der Waals surface area contributed by atoms with Gasteiger partial charge < -0.3 is 14.8 Å². The first kappa shape index (κ1) is 21.5. The Morgan fingerprint density at radius 2 is 1.50 bits per heavy atom. The minimum atomic E-state index is 0.500. The number of hydrogen-bond acceptors (Lipinski definition) is 3. The topological polar surface area (TPSA) is 30.5 Å². The van der Waals surface area contributed by atoms with E-state index in [-0.39, 0.29) is 0 Å². The maximum absolute atomic E-state index is 6.10. The van der Waals surface area contributed by atoms with E-state index in [4.69, 9.17) is 9.47 Å². The first-order valence-corrected chi connectivity index (χ1v) is 11.5. The molecule has 0 unspecified atom stereocenters. The largest absolute Gasteiger partial charge is 0.490 e. The normalized spacial score (nSPS) is 10.6. The van der Waals surface area contributed by atoms with Gasteiger partial charge in [0.05, 0.1) is 10.2 Å². The van der Waals surface area contributed by atoms with Crippen LogP contribution in [0.3, 0.4) is 0 Å². The summed E-state index contributed by atoms with van der Waals surface area (Å²) < 4.78 is 15.1. The third-order valence-electron chi connectivity index (χ3n) is 4.01. The third kappa shape index (κ3) is 6.12. The van der Waals surface area contributed by atoms with Gasteiger partial charge in [0.15, 0.2) is 11.5 Å². The fourth-order valence-corrected chi connectivity index (χ4v) is 3.98. The number of halogens is 3. The summed E-state index contributed by atoms with van der Waals surface area (Å²) in [5, 5.41) is 3.44. The lowest BCUT2D eigenvalue weighted by Crippen LogP contribution is -2.05. The Labute approximate surface area is 196 Å². The van der Waals surface area contributed by atoms with Crippen molar-refractivity contribution in [1.82, 2.24) is 0 Å². The molecule has 6 heteroatoms. The number of hydrogen-bond donors (Lipinski definition) is 1. The van der Waals surface area contributed by atoms with Gasteiger partial charge >= 0.3 is 0 Å². The van der Waals surface area contributed by atoms with E-state index in [1.165, 1.54) is 0 Å². The third-order valence-corrected chi connectivity index (χ3v) is 5.87. The highest BCUT2D eigenvalue weighted by Crippen LogP contribution is 2.35. The van der Waals surface area contributed by atoms with E-state index in [2.05, 4.69) is 71.9 Å². The van der Waals surface area contributed by atoms with E-state index < -0.39 is 0 Å². The van der Waals surface area contributed by atoms with Crippen molar-refractivity contribution in [3.05, 3.63) is 84.3 Å². The molecule has 0 aromatic heterocycles. The predicted molar refractivity (Wildman–Crippen MR) is 130 cm³/mol. The molecule has 0 spiro atoms. The van der Waals surface area contributed by atoms with Crippen LogP contribution < -0.4 is 14.8 Å². The maximum atomic E-state index is 6.10. The molecule has 0 amide bonds. The van der Waals surface area contributed by atoms with Gasteiger partial charge in [0.2, 0.25) is 0 Å². The van der Waals surface area contributed by atoms with Crippen molar-refractivity contribution in [1.29, 1.82) is 0 Å². The molecule has 3 rings (SSSR count). The summed E-state index contributed by atoms with van der Waals surface area (Å²) in [7, 11) is 0. The maximum Gasteiger partial charge on any atom is 0.174 e. The Morgan fingerprint density at radius 3 is 2.14 bits per heavy atom. The fourth-order valence-electron chi connectivity index (χ4n) is 2.63. The molecular weight excluding hydrogens is 597 g/mol. The molecule has 146 valence electrons. The Morgan fingerprint density at radius 1 is 0.857 bits per heavy atom. The SMILES string of the molecule is CCOc1cc(CNc2ccc(Br)cc2)cc(I)c1OCc1ccc(Br)cc1. The zero-order valence-corrected chi connectivity index (χ0v) is 20.7. The first-order valence-electron chi connectivity index (χ1n) is 8.87. The van der Waals surface area contributed by atoms with Crippen LogP contribution in [0.15, 0.2) is 69.6 Å². The molecular formula is C22H20Br2INO2. The molecule has 28 heavy (non-hydrogen) atoms. The second kappa shape index (κ2) is 10.5. The van der Waals surface area contributed by atoms with Crippen LogP contribution in [0.25, 0.3) is 0 Å². The van der Waals surface area contributed by atoms with Gasteiger partial charge in [-0.15, -0.1) is 0 Å². The van der Waals surface area contributed by atoms with Crippen molar-refractivity contribution in [3.63, 3.8) is 0 Å². The summed E-state index contributed by atoms with van der Waals surface area (Å²) in [4.78, 5) is 0. The summed E-state index contributed by atoms with van der Waals surface area (Å²) in [5.74, 6) is 1.57. The number of rotatable bonds is 8. The number of ether oxygens (including phenoxy) is 2. The molecule has 0 saturated heterocycles. The Kier molecular flexibility index (Phi) is 8.05. The Hall–Kier alpha value is -1.25. The molecule has 0 saturated carbocycles. The molecule has 3 nitrogen and oxygen atoms in total. The van der Waals surface area contributed by atoms with Crippen molar-refractivity contribution in [2.24, 2.45) is 0 Å². The van der Waals surface area contributed by atoms with Gasteiger partial charge in [0.25, 0.3) is 0 Å². The van der Waals surface area contributed by atoms with Crippen LogP contribution in [-0.4, -0.2) is 6.61 Å². The van der Waals surface area contributed by atoms with Gasteiger partial charge in [-0.25, -0.2) is 0 Å². The molecule has 0 fully saturated rings. The van der Waals surface area contributed by atoms with Crippen LogP contribution in [0, 0.1) is 3.57 Å². The molecule has 0 aliphatic rings. The van der Waals surface area contributed by atoms with E-state index in [1.807, 2.05) is 55.5 Å². The lowest BCUT2D eigenvalue weighted by molar-refractivity contribution is 0.267. The van der Waals surface area contributed by atoms with Gasteiger partial charge in [-0.2, -0.15) is 0 Å². The standard InChI is InChI=1S/C22H20Br2INO2/c1-2-27-21-12-16(13-26-19-9-7-18(24)8-10-19)11-20(25)22(21)28-14-15-3-5-17(23)6-4-15/h3-12,26H,2,13-14H2,1H3. The summed E-state index contributed by atoms with van der Waals surface area (Å²) in [6.45, 7) is 3.79.